The zero-order valence-electron chi connectivity index (χ0n) is 18.9. The van der Waals surface area contributed by atoms with Gasteiger partial charge in [-0.05, 0) is 93.2 Å². The first kappa shape index (κ1) is 21.7. The molecule has 2 saturated heterocycles. The van der Waals surface area contributed by atoms with E-state index >= 15 is 0 Å². The van der Waals surface area contributed by atoms with Crippen LogP contribution in [-0.2, 0) is 0 Å². The van der Waals surface area contributed by atoms with Crippen molar-refractivity contribution in [1.29, 1.82) is 0 Å². The standard InChI is InChI=1S/C24H32BrN7/c1-30-10-3-11-32(15-14-30)19-6-4-17(5-7-19)23-28-22-21(20(25)16-26-24(22)29-23)27-18-8-12-31(2)13-9-18/h4-7,16,18H,3,8-15H2,1-2H3,(H2,26,27,28,29). The second kappa shape index (κ2) is 9.37. The van der Waals surface area contributed by atoms with E-state index in [0.29, 0.717) is 6.04 Å². The lowest BCUT2D eigenvalue weighted by Gasteiger charge is -2.30. The Kier molecular flexibility index (Phi) is 6.35. The van der Waals surface area contributed by atoms with E-state index in [2.05, 4.69) is 84.3 Å². The number of hydrogen-bond donors (Lipinski definition) is 2. The van der Waals surface area contributed by atoms with Crippen LogP contribution in [-0.4, -0.2) is 84.2 Å². The summed E-state index contributed by atoms with van der Waals surface area (Å²) in [6, 6.07) is 9.23. The number of likely N-dealkylation sites (tertiary alicyclic amines) is 1. The Balaban J connectivity index is 1.37. The smallest absolute Gasteiger partial charge is 0.180 e. The molecule has 2 aliphatic rings. The highest BCUT2D eigenvalue weighted by Gasteiger charge is 2.20. The topological polar surface area (TPSA) is 63.3 Å². The summed E-state index contributed by atoms with van der Waals surface area (Å²) in [6.07, 6.45) is 5.34. The van der Waals surface area contributed by atoms with Crippen LogP contribution in [0.15, 0.2) is 34.9 Å². The number of anilines is 2. The molecule has 3 aromatic rings. The van der Waals surface area contributed by atoms with Gasteiger partial charge in [-0.15, -0.1) is 0 Å². The number of likely N-dealkylation sites (N-methyl/N-ethyl adjacent to an activating group) is 1. The molecule has 2 aromatic heterocycles. The largest absolute Gasteiger partial charge is 0.379 e. The van der Waals surface area contributed by atoms with Crippen molar-refractivity contribution in [2.24, 2.45) is 0 Å². The van der Waals surface area contributed by atoms with Gasteiger partial charge in [0.1, 0.15) is 11.3 Å². The van der Waals surface area contributed by atoms with Crippen LogP contribution in [0.3, 0.4) is 0 Å². The Morgan fingerprint density at radius 3 is 2.50 bits per heavy atom. The van der Waals surface area contributed by atoms with Crippen molar-refractivity contribution in [3.05, 3.63) is 34.9 Å². The number of halogens is 1. The molecule has 8 heteroatoms. The highest BCUT2D eigenvalue weighted by atomic mass is 79.9. The zero-order chi connectivity index (χ0) is 22.1. The highest BCUT2D eigenvalue weighted by Crippen LogP contribution is 2.32. The normalized spacial score (nSPS) is 19.4. The molecule has 5 rings (SSSR count). The lowest BCUT2D eigenvalue weighted by Crippen LogP contribution is -2.36. The van der Waals surface area contributed by atoms with Crippen LogP contribution in [0.1, 0.15) is 19.3 Å². The third kappa shape index (κ3) is 4.63. The number of aromatic amines is 1. The van der Waals surface area contributed by atoms with Crippen molar-refractivity contribution in [1.82, 2.24) is 24.8 Å². The molecule has 32 heavy (non-hydrogen) atoms. The minimum Gasteiger partial charge on any atom is -0.379 e. The number of fused-ring (bicyclic) bond motifs is 1. The Morgan fingerprint density at radius 2 is 1.72 bits per heavy atom. The fourth-order valence-corrected chi connectivity index (χ4v) is 5.12. The Bertz CT molecular complexity index is 1060. The molecular formula is C24H32BrN7. The van der Waals surface area contributed by atoms with Crippen LogP contribution in [0.4, 0.5) is 11.4 Å². The van der Waals surface area contributed by atoms with Gasteiger partial charge in [0.25, 0.3) is 0 Å². The van der Waals surface area contributed by atoms with Crippen LogP contribution >= 0.6 is 15.9 Å². The van der Waals surface area contributed by atoms with Gasteiger partial charge in [-0.1, -0.05) is 0 Å². The van der Waals surface area contributed by atoms with E-state index in [0.717, 1.165) is 78.3 Å². The SMILES string of the molecule is CN1CCC(Nc2c(Br)cnc3nc(-c4ccc(N5CCCN(C)CC5)cc4)[nH]c23)CC1. The molecule has 1 aromatic carbocycles. The second-order valence-electron chi connectivity index (χ2n) is 9.18. The Labute approximate surface area is 198 Å². The molecule has 0 saturated carbocycles. The van der Waals surface area contributed by atoms with Crippen molar-refractivity contribution >= 4 is 38.5 Å². The predicted molar refractivity (Wildman–Crippen MR) is 135 cm³/mol. The van der Waals surface area contributed by atoms with Crippen molar-refractivity contribution < 1.29 is 0 Å². The minimum absolute atomic E-state index is 0.465. The predicted octanol–water partition coefficient (Wildman–Crippen LogP) is 4.04. The average molecular weight is 498 g/mol. The van der Waals surface area contributed by atoms with Crippen molar-refractivity contribution in [3.63, 3.8) is 0 Å². The highest BCUT2D eigenvalue weighted by molar-refractivity contribution is 9.10. The minimum atomic E-state index is 0.465. The molecule has 0 radical (unpaired) electrons. The second-order valence-corrected chi connectivity index (χ2v) is 10.0. The van der Waals surface area contributed by atoms with E-state index in [4.69, 9.17) is 4.98 Å². The molecular weight excluding hydrogens is 466 g/mol. The number of piperidine rings is 1. The molecule has 7 nitrogen and oxygen atoms in total. The van der Waals surface area contributed by atoms with Crippen molar-refractivity contribution in [2.45, 2.75) is 25.3 Å². The number of benzene rings is 1. The summed E-state index contributed by atoms with van der Waals surface area (Å²) in [7, 11) is 4.39. The molecule has 4 heterocycles. The number of pyridine rings is 1. The lowest BCUT2D eigenvalue weighted by atomic mass is 10.1. The summed E-state index contributed by atoms with van der Waals surface area (Å²) in [5.41, 5.74) is 5.14. The number of imidazole rings is 1. The molecule has 0 aliphatic carbocycles. The van der Waals surface area contributed by atoms with Gasteiger partial charge < -0.3 is 25.0 Å². The summed E-state index contributed by atoms with van der Waals surface area (Å²) >= 11 is 3.69. The van der Waals surface area contributed by atoms with Gasteiger partial charge in [-0.2, -0.15) is 0 Å². The number of hydrogen-bond acceptors (Lipinski definition) is 6. The van der Waals surface area contributed by atoms with Gasteiger partial charge in [0.15, 0.2) is 5.65 Å². The van der Waals surface area contributed by atoms with E-state index in [1.54, 1.807) is 0 Å². The van der Waals surface area contributed by atoms with Gasteiger partial charge in [0.2, 0.25) is 0 Å². The fraction of sp³-hybridized carbons (Fsp3) is 0.500. The van der Waals surface area contributed by atoms with Crippen LogP contribution in [0.5, 0.6) is 0 Å². The van der Waals surface area contributed by atoms with Gasteiger partial charge in [0, 0.05) is 43.1 Å². The zero-order valence-corrected chi connectivity index (χ0v) is 20.5. The number of aromatic nitrogens is 3. The summed E-state index contributed by atoms with van der Waals surface area (Å²) < 4.78 is 0.973. The number of nitrogens with zero attached hydrogens (tertiary/aromatic N) is 5. The molecule has 2 N–H and O–H groups in total. The van der Waals surface area contributed by atoms with E-state index in [1.807, 2.05) is 6.20 Å². The lowest BCUT2D eigenvalue weighted by molar-refractivity contribution is 0.264. The van der Waals surface area contributed by atoms with Crippen LogP contribution in [0.2, 0.25) is 0 Å². The summed E-state index contributed by atoms with van der Waals surface area (Å²) in [6.45, 7) is 6.71. The molecule has 0 atom stereocenters. The molecule has 2 fully saturated rings. The van der Waals surface area contributed by atoms with Gasteiger partial charge in [-0.3, -0.25) is 0 Å². The third-order valence-electron chi connectivity index (χ3n) is 6.77. The third-order valence-corrected chi connectivity index (χ3v) is 7.37. The molecule has 0 amide bonds. The van der Waals surface area contributed by atoms with Crippen LogP contribution in [0, 0.1) is 0 Å². The fourth-order valence-electron chi connectivity index (χ4n) is 4.70. The van der Waals surface area contributed by atoms with E-state index < -0.39 is 0 Å². The van der Waals surface area contributed by atoms with Crippen molar-refractivity contribution in [3.8, 4) is 11.4 Å². The first-order valence-corrected chi connectivity index (χ1v) is 12.4. The average Bonchev–Trinajstić information content (AvgIpc) is 3.12. The summed E-state index contributed by atoms with van der Waals surface area (Å²) in [4.78, 5) is 20.2. The maximum Gasteiger partial charge on any atom is 0.180 e. The number of nitrogens with one attached hydrogen (secondary N) is 2. The van der Waals surface area contributed by atoms with E-state index in [1.165, 1.54) is 18.7 Å². The maximum absolute atomic E-state index is 4.80. The van der Waals surface area contributed by atoms with Gasteiger partial charge in [-0.25, -0.2) is 9.97 Å². The monoisotopic (exact) mass is 497 g/mol. The molecule has 0 spiro atoms. The van der Waals surface area contributed by atoms with E-state index in [-0.39, 0.29) is 0 Å². The molecule has 170 valence electrons. The first-order chi connectivity index (χ1) is 15.6. The van der Waals surface area contributed by atoms with Crippen molar-refractivity contribution in [2.75, 3.05) is 63.6 Å². The first-order valence-electron chi connectivity index (χ1n) is 11.6. The Morgan fingerprint density at radius 1 is 0.969 bits per heavy atom. The maximum atomic E-state index is 4.80. The van der Waals surface area contributed by atoms with E-state index in [9.17, 15) is 0 Å². The molecule has 0 bridgehead atoms. The van der Waals surface area contributed by atoms with Crippen LogP contribution in [0.25, 0.3) is 22.6 Å². The quantitative estimate of drug-likeness (QED) is 0.567. The molecule has 0 unspecified atom stereocenters. The van der Waals surface area contributed by atoms with Gasteiger partial charge in [0.05, 0.1) is 10.2 Å². The summed E-state index contributed by atoms with van der Waals surface area (Å²) in [5, 5.41) is 3.74. The van der Waals surface area contributed by atoms with Gasteiger partial charge >= 0.3 is 0 Å². The number of H-pyrrole nitrogens is 1. The summed E-state index contributed by atoms with van der Waals surface area (Å²) in [5.74, 6) is 0.860. The number of rotatable bonds is 4. The molecule has 2 aliphatic heterocycles. The Hall–Kier alpha value is -2.16. The van der Waals surface area contributed by atoms with Crippen LogP contribution < -0.4 is 10.2 Å².